The third-order valence-corrected chi connectivity index (χ3v) is 3.88. The maximum atomic E-state index is 13.4. The molecule has 0 radical (unpaired) electrons. The molecular formula is C12H11BrF3NO. The van der Waals surface area contributed by atoms with Gasteiger partial charge in [0.2, 0.25) is 5.91 Å². The molecule has 2 rings (SSSR count). The summed E-state index contributed by atoms with van der Waals surface area (Å²) in [6.45, 7) is 0.306. The summed E-state index contributed by atoms with van der Waals surface area (Å²) in [5.74, 6) is -2.85. The summed E-state index contributed by atoms with van der Waals surface area (Å²) >= 11 is 3.28. The van der Waals surface area contributed by atoms with Crippen LogP contribution in [-0.2, 0) is 11.3 Å². The van der Waals surface area contributed by atoms with Gasteiger partial charge in [-0.05, 0) is 5.92 Å². The van der Waals surface area contributed by atoms with Gasteiger partial charge in [-0.25, -0.2) is 13.2 Å². The fraction of sp³-hybridized carbons (Fsp3) is 0.417. The van der Waals surface area contributed by atoms with E-state index in [2.05, 4.69) is 15.9 Å². The Hall–Kier alpha value is -1.04. The molecule has 1 unspecified atom stereocenters. The molecular weight excluding hydrogens is 311 g/mol. The van der Waals surface area contributed by atoms with Gasteiger partial charge >= 0.3 is 0 Å². The van der Waals surface area contributed by atoms with Crippen LogP contribution in [0.5, 0.6) is 0 Å². The highest BCUT2D eigenvalue weighted by Gasteiger charge is 2.30. The van der Waals surface area contributed by atoms with Gasteiger partial charge in [-0.1, -0.05) is 15.9 Å². The lowest BCUT2D eigenvalue weighted by atomic mass is 10.1. The van der Waals surface area contributed by atoms with Crippen molar-refractivity contribution in [3.05, 3.63) is 35.1 Å². The maximum Gasteiger partial charge on any atom is 0.223 e. The van der Waals surface area contributed by atoms with Crippen molar-refractivity contribution in [2.75, 3.05) is 11.9 Å². The van der Waals surface area contributed by atoms with Gasteiger partial charge in [0, 0.05) is 36.0 Å². The van der Waals surface area contributed by atoms with Crippen LogP contribution in [0.1, 0.15) is 12.0 Å². The Kier molecular flexibility index (Phi) is 3.94. The normalized spacial score (nSPS) is 19.7. The zero-order valence-corrected chi connectivity index (χ0v) is 11.0. The first-order valence-electron chi connectivity index (χ1n) is 5.48. The molecule has 98 valence electrons. The first-order chi connectivity index (χ1) is 8.51. The summed E-state index contributed by atoms with van der Waals surface area (Å²) < 4.78 is 39.6. The van der Waals surface area contributed by atoms with Crippen LogP contribution >= 0.6 is 15.9 Å². The molecule has 6 heteroatoms. The van der Waals surface area contributed by atoms with Crippen LogP contribution in [-0.4, -0.2) is 22.7 Å². The number of likely N-dealkylation sites (tertiary alicyclic amines) is 1. The van der Waals surface area contributed by atoms with Crippen molar-refractivity contribution in [3.63, 3.8) is 0 Å². The molecule has 1 atom stereocenters. The van der Waals surface area contributed by atoms with Crippen molar-refractivity contribution in [1.82, 2.24) is 4.90 Å². The molecule has 1 saturated heterocycles. The van der Waals surface area contributed by atoms with Gasteiger partial charge < -0.3 is 4.90 Å². The van der Waals surface area contributed by atoms with Crippen molar-refractivity contribution in [1.29, 1.82) is 0 Å². The molecule has 1 fully saturated rings. The third-order valence-electron chi connectivity index (χ3n) is 2.97. The molecule has 1 aliphatic heterocycles. The van der Waals surface area contributed by atoms with Gasteiger partial charge in [0.25, 0.3) is 0 Å². The second kappa shape index (κ2) is 5.30. The zero-order chi connectivity index (χ0) is 13.3. The molecule has 1 aromatic rings. The van der Waals surface area contributed by atoms with Crippen LogP contribution < -0.4 is 0 Å². The molecule has 0 bridgehead atoms. The van der Waals surface area contributed by atoms with Crippen molar-refractivity contribution in [3.8, 4) is 0 Å². The number of carbonyl (C=O) groups is 1. The quantitative estimate of drug-likeness (QED) is 0.784. The van der Waals surface area contributed by atoms with Crippen LogP contribution in [0.3, 0.4) is 0 Å². The third kappa shape index (κ3) is 2.68. The van der Waals surface area contributed by atoms with E-state index in [1.165, 1.54) is 4.90 Å². The molecule has 1 amide bonds. The Labute approximate surface area is 111 Å². The number of carbonyl (C=O) groups excluding carboxylic acids is 1. The average molecular weight is 322 g/mol. The number of alkyl halides is 1. The molecule has 0 saturated carbocycles. The summed E-state index contributed by atoms with van der Waals surface area (Å²) in [5, 5.41) is 0.670. The molecule has 0 aliphatic carbocycles. The number of benzene rings is 1. The molecule has 2 nitrogen and oxygen atoms in total. The summed E-state index contributed by atoms with van der Waals surface area (Å²) in [7, 11) is 0. The van der Waals surface area contributed by atoms with Crippen molar-refractivity contribution >= 4 is 21.8 Å². The Morgan fingerprint density at radius 2 is 1.89 bits per heavy atom. The van der Waals surface area contributed by atoms with Crippen LogP contribution in [0.2, 0.25) is 0 Å². The van der Waals surface area contributed by atoms with Crippen LogP contribution in [0.4, 0.5) is 13.2 Å². The average Bonchev–Trinajstić information content (AvgIpc) is 2.64. The standard InChI is InChI=1S/C12H11BrF3NO/c13-4-7-1-12(18)17(5-7)6-9-10(15)2-8(14)3-11(9)16/h2-3,7H,1,4-6H2. The van der Waals surface area contributed by atoms with E-state index < -0.39 is 17.5 Å². The number of nitrogens with zero attached hydrogens (tertiary/aromatic N) is 1. The Morgan fingerprint density at radius 1 is 1.28 bits per heavy atom. The summed E-state index contributed by atoms with van der Waals surface area (Å²) in [6, 6.07) is 1.25. The monoisotopic (exact) mass is 321 g/mol. The zero-order valence-electron chi connectivity index (χ0n) is 9.43. The SMILES string of the molecule is O=C1CC(CBr)CN1Cc1c(F)cc(F)cc1F. The lowest BCUT2D eigenvalue weighted by molar-refractivity contribution is -0.128. The highest BCUT2D eigenvalue weighted by molar-refractivity contribution is 9.09. The molecule has 0 N–H and O–H groups in total. The topological polar surface area (TPSA) is 20.3 Å². The van der Waals surface area contributed by atoms with Gasteiger partial charge in [-0.15, -0.1) is 0 Å². The Balaban J connectivity index is 2.17. The molecule has 1 aliphatic rings. The minimum Gasteiger partial charge on any atom is -0.338 e. The van der Waals surface area contributed by atoms with E-state index in [9.17, 15) is 18.0 Å². The van der Waals surface area contributed by atoms with E-state index >= 15 is 0 Å². The van der Waals surface area contributed by atoms with Crippen molar-refractivity contribution in [2.45, 2.75) is 13.0 Å². The number of hydrogen-bond acceptors (Lipinski definition) is 1. The summed E-state index contributed by atoms with van der Waals surface area (Å²) in [5.41, 5.74) is -0.264. The molecule has 1 heterocycles. The van der Waals surface area contributed by atoms with Gasteiger partial charge in [-0.2, -0.15) is 0 Å². The van der Waals surface area contributed by atoms with Gasteiger partial charge in [0.05, 0.1) is 6.54 Å². The van der Waals surface area contributed by atoms with Gasteiger partial charge in [-0.3, -0.25) is 4.79 Å². The van der Waals surface area contributed by atoms with E-state index in [-0.39, 0.29) is 23.9 Å². The molecule has 0 spiro atoms. The lowest BCUT2D eigenvalue weighted by Gasteiger charge is -2.17. The van der Waals surface area contributed by atoms with E-state index in [1.54, 1.807) is 0 Å². The number of rotatable bonds is 3. The van der Waals surface area contributed by atoms with Crippen LogP contribution in [0, 0.1) is 23.4 Å². The fourth-order valence-corrected chi connectivity index (χ4v) is 2.46. The van der Waals surface area contributed by atoms with Gasteiger partial charge in [0.1, 0.15) is 17.5 Å². The molecule has 0 aromatic heterocycles. The summed E-state index contributed by atoms with van der Waals surface area (Å²) in [6.07, 6.45) is 0.371. The Bertz CT molecular complexity index is 457. The highest BCUT2D eigenvalue weighted by Crippen LogP contribution is 2.24. The summed E-state index contributed by atoms with van der Waals surface area (Å²) in [4.78, 5) is 13.0. The minimum absolute atomic E-state index is 0.137. The second-order valence-corrected chi connectivity index (χ2v) is 4.99. The first kappa shape index (κ1) is 13.4. The smallest absolute Gasteiger partial charge is 0.223 e. The first-order valence-corrected chi connectivity index (χ1v) is 6.60. The maximum absolute atomic E-state index is 13.4. The number of amides is 1. The van der Waals surface area contributed by atoms with Crippen molar-refractivity contribution in [2.24, 2.45) is 5.92 Å². The van der Waals surface area contributed by atoms with Gasteiger partial charge in [0.15, 0.2) is 0 Å². The lowest BCUT2D eigenvalue weighted by Crippen LogP contribution is -2.26. The van der Waals surface area contributed by atoms with E-state index in [1.807, 2.05) is 0 Å². The predicted molar refractivity (Wildman–Crippen MR) is 63.6 cm³/mol. The van der Waals surface area contributed by atoms with E-state index in [0.29, 0.717) is 30.4 Å². The molecule has 18 heavy (non-hydrogen) atoms. The minimum atomic E-state index is -0.958. The predicted octanol–water partition coefficient (Wildman–Crippen LogP) is 2.85. The second-order valence-electron chi connectivity index (χ2n) is 4.35. The van der Waals surface area contributed by atoms with E-state index in [4.69, 9.17) is 0 Å². The van der Waals surface area contributed by atoms with E-state index in [0.717, 1.165) is 0 Å². The Morgan fingerprint density at radius 3 is 2.39 bits per heavy atom. The number of hydrogen-bond donors (Lipinski definition) is 0. The van der Waals surface area contributed by atoms with Crippen LogP contribution in [0.25, 0.3) is 0 Å². The van der Waals surface area contributed by atoms with Crippen LogP contribution in [0.15, 0.2) is 12.1 Å². The fourth-order valence-electron chi connectivity index (χ4n) is 2.02. The van der Waals surface area contributed by atoms with Crippen molar-refractivity contribution < 1.29 is 18.0 Å². The molecule has 1 aromatic carbocycles. The number of halogens is 4. The highest BCUT2D eigenvalue weighted by atomic mass is 79.9. The largest absolute Gasteiger partial charge is 0.338 e.